The Balaban J connectivity index is 1.94. The number of hydrogen-bond acceptors (Lipinski definition) is 5. The first-order chi connectivity index (χ1) is 10.9. The number of carbonyl (C=O) groups is 2. The normalized spacial score (nSPS) is 17.5. The second-order valence-electron chi connectivity index (χ2n) is 6.38. The molecule has 23 heavy (non-hydrogen) atoms. The molecule has 0 radical (unpaired) electrons. The van der Waals surface area contributed by atoms with Gasteiger partial charge in [0.05, 0.1) is 12.6 Å². The lowest BCUT2D eigenvalue weighted by Crippen LogP contribution is -2.42. The molecule has 7 heteroatoms. The molecule has 2 rings (SSSR count). The Labute approximate surface area is 136 Å². The molecular weight excluding hydrogens is 298 g/mol. The van der Waals surface area contributed by atoms with Crippen molar-refractivity contribution < 1.29 is 18.8 Å². The van der Waals surface area contributed by atoms with Gasteiger partial charge in [0.15, 0.2) is 5.82 Å². The highest BCUT2D eigenvalue weighted by molar-refractivity contribution is 5.93. The van der Waals surface area contributed by atoms with Crippen LogP contribution in [0.3, 0.4) is 0 Å². The maximum absolute atomic E-state index is 12.4. The molecule has 1 fully saturated rings. The Kier molecular flexibility index (Phi) is 6.15. The van der Waals surface area contributed by atoms with Crippen molar-refractivity contribution in [1.82, 2.24) is 10.1 Å². The number of carbonyl (C=O) groups excluding carboxylic acids is 2. The summed E-state index contributed by atoms with van der Waals surface area (Å²) in [6.07, 6.45) is 2.37. The number of ether oxygens (including phenoxy) is 1. The van der Waals surface area contributed by atoms with Crippen LogP contribution in [0.5, 0.6) is 0 Å². The van der Waals surface area contributed by atoms with E-state index >= 15 is 0 Å². The van der Waals surface area contributed by atoms with E-state index in [9.17, 15) is 9.59 Å². The van der Waals surface area contributed by atoms with Gasteiger partial charge >= 0.3 is 0 Å². The van der Waals surface area contributed by atoms with Gasteiger partial charge in [0.25, 0.3) is 0 Å². The second kappa shape index (κ2) is 8.10. The van der Waals surface area contributed by atoms with Crippen LogP contribution in [0, 0.1) is 12.8 Å². The van der Waals surface area contributed by atoms with E-state index in [4.69, 9.17) is 9.26 Å². The quantitative estimate of drug-likeness (QED) is 0.829. The van der Waals surface area contributed by atoms with E-state index in [1.165, 1.54) is 0 Å². The summed E-state index contributed by atoms with van der Waals surface area (Å²) in [4.78, 5) is 26.1. The SMILES string of the molecule is Cc1cc(NC(=O)CN(C[C@@H]2CCCO2)C(=O)CC(C)C)no1. The van der Waals surface area contributed by atoms with Crippen molar-refractivity contribution in [3.63, 3.8) is 0 Å². The van der Waals surface area contributed by atoms with E-state index in [2.05, 4.69) is 10.5 Å². The number of anilines is 1. The molecule has 7 nitrogen and oxygen atoms in total. The number of amides is 2. The smallest absolute Gasteiger partial charge is 0.245 e. The van der Waals surface area contributed by atoms with Crippen LogP contribution in [0.15, 0.2) is 10.6 Å². The molecule has 1 aliphatic rings. The molecule has 1 aromatic heterocycles. The minimum Gasteiger partial charge on any atom is -0.376 e. The molecule has 1 N–H and O–H groups in total. The van der Waals surface area contributed by atoms with Gasteiger partial charge in [-0.05, 0) is 25.7 Å². The fourth-order valence-electron chi connectivity index (χ4n) is 2.55. The summed E-state index contributed by atoms with van der Waals surface area (Å²) < 4.78 is 10.5. The first-order valence-electron chi connectivity index (χ1n) is 8.06. The molecule has 0 spiro atoms. The van der Waals surface area contributed by atoms with E-state index < -0.39 is 0 Å². The van der Waals surface area contributed by atoms with Crippen molar-refractivity contribution in [2.45, 2.75) is 46.1 Å². The lowest BCUT2D eigenvalue weighted by Gasteiger charge is -2.25. The maximum atomic E-state index is 12.4. The summed E-state index contributed by atoms with van der Waals surface area (Å²) in [5.74, 6) is 0.916. The first kappa shape index (κ1) is 17.5. The topological polar surface area (TPSA) is 84.7 Å². The lowest BCUT2D eigenvalue weighted by molar-refractivity contribution is -0.136. The molecular formula is C16H25N3O4. The highest BCUT2D eigenvalue weighted by Crippen LogP contribution is 2.15. The molecule has 2 amide bonds. The first-order valence-corrected chi connectivity index (χ1v) is 8.06. The van der Waals surface area contributed by atoms with E-state index in [0.29, 0.717) is 24.5 Å². The predicted octanol–water partition coefficient (Wildman–Crippen LogP) is 1.98. The highest BCUT2D eigenvalue weighted by atomic mass is 16.5. The third kappa shape index (κ3) is 5.67. The van der Waals surface area contributed by atoms with Gasteiger partial charge in [-0.2, -0.15) is 0 Å². The van der Waals surface area contributed by atoms with Crippen molar-refractivity contribution in [2.24, 2.45) is 5.92 Å². The third-order valence-corrected chi connectivity index (χ3v) is 3.61. The fraction of sp³-hybridized carbons (Fsp3) is 0.688. The van der Waals surface area contributed by atoms with Gasteiger partial charge in [-0.3, -0.25) is 9.59 Å². The molecule has 1 atom stereocenters. The van der Waals surface area contributed by atoms with E-state index in [1.54, 1.807) is 17.9 Å². The number of nitrogens with zero attached hydrogens (tertiary/aromatic N) is 2. The van der Waals surface area contributed by atoms with Crippen LogP contribution in [-0.2, 0) is 14.3 Å². The molecule has 0 saturated carbocycles. The molecule has 0 unspecified atom stereocenters. The molecule has 128 valence electrons. The maximum Gasteiger partial charge on any atom is 0.245 e. The van der Waals surface area contributed by atoms with Gasteiger partial charge in [-0.25, -0.2) is 0 Å². The number of nitrogens with one attached hydrogen (secondary N) is 1. The Bertz CT molecular complexity index is 535. The molecule has 1 aliphatic heterocycles. The van der Waals surface area contributed by atoms with Gasteiger partial charge in [-0.15, -0.1) is 0 Å². The van der Waals surface area contributed by atoms with Crippen molar-refractivity contribution >= 4 is 17.6 Å². The zero-order valence-electron chi connectivity index (χ0n) is 14.0. The van der Waals surface area contributed by atoms with Crippen molar-refractivity contribution in [3.05, 3.63) is 11.8 Å². The van der Waals surface area contributed by atoms with Crippen LogP contribution in [0.1, 0.15) is 38.9 Å². The number of aryl methyl sites for hydroxylation is 1. The van der Waals surface area contributed by atoms with Crippen LogP contribution in [0.2, 0.25) is 0 Å². The standard InChI is InChI=1S/C16H25N3O4/c1-11(2)7-16(21)19(9-13-5-4-6-22-13)10-15(20)17-14-8-12(3)23-18-14/h8,11,13H,4-7,9-10H2,1-3H3,(H,17,18,20)/t13-/m0/s1. The van der Waals surface area contributed by atoms with Crippen LogP contribution in [-0.4, -0.2) is 47.7 Å². The Hall–Kier alpha value is -1.89. The highest BCUT2D eigenvalue weighted by Gasteiger charge is 2.25. The minimum atomic E-state index is -0.284. The van der Waals surface area contributed by atoms with Crippen LogP contribution < -0.4 is 5.32 Å². The average Bonchev–Trinajstić information content (AvgIpc) is 3.09. The summed E-state index contributed by atoms with van der Waals surface area (Å²) in [6.45, 7) is 6.90. The van der Waals surface area contributed by atoms with Gasteiger partial charge < -0.3 is 19.5 Å². The zero-order chi connectivity index (χ0) is 16.8. The van der Waals surface area contributed by atoms with Crippen molar-refractivity contribution in [1.29, 1.82) is 0 Å². The van der Waals surface area contributed by atoms with Crippen LogP contribution in [0.4, 0.5) is 5.82 Å². The Morgan fingerprint density at radius 1 is 1.48 bits per heavy atom. The van der Waals surface area contributed by atoms with E-state index in [-0.39, 0.29) is 30.4 Å². The number of rotatable bonds is 7. The second-order valence-corrected chi connectivity index (χ2v) is 6.38. The third-order valence-electron chi connectivity index (χ3n) is 3.61. The summed E-state index contributed by atoms with van der Waals surface area (Å²) in [6, 6.07) is 1.64. The molecule has 1 saturated heterocycles. The van der Waals surface area contributed by atoms with Crippen molar-refractivity contribution in [2.75, 3.05) is 25.0 Å². The summed E-state index contributed by atoms with van der Waals surface area (Å²) in [5.41, 5.74) is 0. The van der Waals surface area contributed by atoms with Gasteiger partial charge in [-0.1, -0.05) is 19.0 Å². The van der Waals surface area contributed by atoms with Crippen LogP contribution in [0.25, 0.3) is 0 Å². The summed E-state index contributed by atoms with van der Waals surface area (Å²) in [5, 5.41) is 6.37. The van der Waals surface area contributed by atoms with Gasteiger partial charge in [0, 0.05) is 25.6 Å². The predicted molar refractivity (Wildman–Crippen MR) is 84.9 cm³/mol. The average molecular weight is 323 g/mol. The van der Waals surface area contributed by atoms with Gasteiger partial charge in [0.2, 0.25) is 11.8 Å². The van der Waals surface area contributed by atoms with Crippen LogP contribution >= 0.6 is 0 Å². The largest absolute Gasteiger partial charge is 0.376 e. The van der Waals surface area contributed by atoms with Gasteiger partial charge in [0.1, 0.15) is 5.76 Å². The lowest BCUT2D eigenvalue weighted by atomic mass is 10.1. The Morgan fingerprint density at radius 3 is 2.83 bits per heavy atom. The Morgan fingerprint density at radius 2 is 2.26 bits per heavy atom. The van der Waals surface area contributed by atoms with E-state index in [1.807, 2.05) is 13.8 Å². The molecule has 0 aliphatic carbocycles. The number of aromatic nitrogens is 1. The zero-order valence-corrected chi connectivity index (χ0v) is 14.0. The summed E-state index contributed by atoms with van der Waals surface area (Å²) >= 11 is 0. The fourth-order valence-corrected chi connectivity index (χ4v) is 2.55. The summed E-state index contributed by atoms with van der Waals surface area (Å²) in [7, 11) is 0. The molecule has 0 aromatic carbocycles. The monoisotopic (exact) mass is 323 g/mol. The minimum absolute atomic E-state index is 0.00266. The molecule has 1 aromatic rings. The van der Waals surface area contributed by atoms with Crippen molar-refractivity contribution in [3.8, 4) is 0 Å². The number of hydrogen-bond donors (Lipinski definition) is 1. The molecule has 0 bridgehead atoms. The van der Waals surface area contributed by atoms with E-state index in [0.717, 1.165) is 19.4 Å². The molecule has 2 heterocycles.